The van der Waals surface area contributed by atoms with Crippen LogP contribution in [0.3, 0.4) is 0 Å². The number of aromatic nitrogens is 2. The molecule has 3 aromatic rings. The zero-order valence-electron chi connectivity index (χ0n) is 17.0. The number of pyridine rings is 1. The normalized spacial score (nSPS) is 15.2. The Labute approximate surface area is 188 Å². The van der Waals surface area contributed by atoms with E-state index in [2.05, 4.69) is 10.3 Å². The Hall–Kier alpha value is -3.17. The van der Waals surface area contributed by atoms with E-state index in [0.29, 0.717) is 39.3 Å². The van der Waals surface area contributed by atoms with E-state index >= 15 is 0 Å². The first kappa shape index (κ1) is 21.1. The average molecular weight is 453 g/mol. The lowest BCUT2D eigenvalue weighted by Gasteiger charge is -2.12. The largest absolute Gasteiger partial charge is 0.497 e. The molecule has 7 nitrogen and oxygen atoms in total. The SMILES string of the molecule is CCN1C(=O)/C(=C\c2c(NCc3ccc(OC)cc3)nc3ccccn3c2=O)SC1=S. The number of hydrogen-bond acceptors (Lipinski definition) is 7. The van der Waals surface area contributed by atoms with Gasteiger partial charge in [-0.25, -0.2) is 4.98 Å². The molecule has 0 aliphatic carbocycles. The fraction of sp³-hybridized carbons (Fsp3) is 0.182. The summed E-state index contributed by atoms with van der Waals surface area (Å²) in [5, 5.41) is 3.25. The zero-order valence-corrected chi connectivity index (χ0v) is 18.6. The third-order valence-corrected chi connectivity index (χ3v) is 6.23. The van der Waals surface area contributed by atoms with Crippen molar-refractivity contribution in [2.45, 2.75) is 13.5 Å². The van der Waals surface area contributed by atoms with Crippen molar-refractivity contribution in [2.24, 2.45) is 0 Å². The van der Waals surface area contributed by atoms with Crippen LogP contribution in [0.5, 0.6) is 5.75 Å². The van der Waals surface area contributed by atoms with E-state index in [1.54, 1.807) is 31.5 Å². The molecule has 1 saturated heterocycles. The number of anilines is 1. The molecule has 1 amide bonds. The number of likely N-dealkylation sites (N-methyl/N-ethyl adjacent to an activating group) is 1. The highest BCUT2D eigenvalue weighted by atomic mass is 32.2. The second kappa shape index (κ2) is 8.91. The van der Waals surface area contributed by atoms with Crippen LogP contribution in [0.2, 0.25) is 0 Å². The predicted molar refractivity (Wildman–Crippen MR) is 127 cm³/mol. The highest BCUT2D eigenvalue weighted by molar-refractivity contribution is 8.26. The first-order valence-electron chi connectivity index (χ1n) is 9.65. The number of carbonyl (C=O) groups is 1. The molecule has 4 rings (SSSR count). The number of thioether (sulfide) groups is 1. The van der Waals surface area contributed by atoms with Gasteiger partial charge in [-0.05, 0) is 42.8 Å². The summed E-state index contributed by atoms with van der Waals surface area (Å²) in [6.45, 7) is 2.80. The summed E-state index contributed by atoms with van der Waals surface area (Å²) >= 11 is 6.48. The zero-order chi connectivity index (χ0) is 22.0. The Morgan fingerprint density at radius 3 is 2.65 bits per heavy atom. The maximum absolute atomic E-state index is 13.2. The van der Waals surface area contributed by atoms with Crippen LogP contribution in [0, 0.1) is 0 Å². The van der Waals surface area contributed by atoms with Gasteiger partial charge in [-0.3, -0.25) is 18.9 Å². The second-order valence-corrected chi connectivity index (χ2v) is 8.41. The monoisotopic (exact) mass is 452 g/mol. The third kappa shape index (κ3) is 4.19. The number of hydrogen-bond donors (Lipinski definition) is 1. The summed E-state index contributed by atoms with van der Waals surface area (Å²) in [6, 6.07) is 13.0. The Kier molecular flexibility index (Phi) is 6.06. The molecule has 2 aromatic heterocycles. The van der Waals surface area contributed by atoms with Gasteiger partial charge in [0.25, 0.3) is 11.5 Å². The van der Waals surface area contributed by atoms with E-state index in [4.69, 9.17) is 17.0 Å². The second-order valence-electron chi connectivity index (χ2n) is 6.74. The minimum atomic E-state index is -0.260. The number of rotatable bonds is 6. The molecule has 1 aliphatic rings. The molecule has 0 saturated carbocycles. The molecule has 1 aromatic carbocycles. The smallest absolute Gasteiger partial charge is 0.267 e. The van der Waals surface area contributed by atoms with Gasteiger partial charge in [0, 0.05) is 19.3 Å². The van der Waals surface area contributed by atoms with E-state index in [0.717, 1.165) is 11.3 Å². The number of thiocarbonyl (C=S) groups is 1. The summed E-state index contributed by atoms with van der Waals surface area (Å²) in [4.78, 5) is 32.4. The van der Waals surface area contributed by atoms with Crippen molar-refractivity contribution in [3.05, 3.63) is 75.0 Å². The molecule has 0 atom stereocenters. The van der Waals surface area contributed by atoms with Gasteiger partial charge in [0.05, 0.1) is 17.6 Å². The van der Waals surface area contributed by atoms with Gasteiger partial charge < -0.3 is 10.1 Å². The quantitative estimate of drug-likeness (QED) is 0.453. The van der Waals surface area contributed by atoms with Crippen LogP contribution >= 0.6 is 24.0 Å². The molecule has 9 heteroatoms. The number of carbonyl (C=O) groups excluding carboxylic acids is 1. The highest BCUT2D eigenvalue weighted by Gasteiger charge is 2.31. The molecule has 1 N–H and O–H groups in total. The first-order chi connectivity index (χ1) is 15.0. The van der Waals surface area contributed by atoms with Crippen LogP contribution in [-0.4, -0.2) is 38.2 Å². The van der Waals surface area contributed by atoms with Gasteiger partial charge in [-0.2, -0.15) is 0 Å². The minimum Gasteiger partial charge on any atom is -0.497 e. The highest BCUT2D eigenvalue weighted by Crippen LogP contribution is 2.32. The lowest BCUT2D eigenvalue weighted by Crippen LogP contribution is -2.27. The fourth-order valence-corrected chi connectivity index (χ4v) is 4.57. The third-order valence-electron chi connectivity index (χ3n) is 4.85. The summed E-state index contributed by atoms with van der Waals surface area (Å²) in [5.41, 5.74) is 1.57. The standard InChI is InChI=1S/C22H20N4O3S2/c1-3-25-21(28)17(31-22(25)30)12-16-19(23-13-14-7-9-15(29-2)10-8-14)24-18-6-4-5-11-26(18)20(16)27/h4-12,23H,3,13H2,1-2H3/b17-12+. The molecule has 158 valence electrons. The Balaban J connectivity index is 1.75. The van der Waals surface area contributed by atoms with Crippen LogP contribution in [0.4, 0.5) is 5.82 Å². The van der Waals surface area contributed by atoms with Crippen LogP contribution < -0.4 is 15.6 Å². The number of benzene rings is 1. The summed E-state index contributed by atoms with van der Waals surface area (Å²) in [7, 11) is 1.62. The number of ether oxygens (including phenoxy) is 1. The lowest BCUT2D eigenvalue weighted by atomic mass is 10.2. The Morgan fingerprint density at radius 1 is 1.19 bits per heavy atom. The number of fused-ring (bicyclic) bond motifs is 1. The summed E-state index contributed by atoms with van der Waals surface area (Å²) in [5.74, 6) is 0.981. The van der Waals surface area contributed by atoms with E-state index in [-0.39, 0.29) is 11.5 Å². The predicted octanol–water partition coefficient (Wildman–Crippen LogP) is 3.54. The Bertz CT molecular complexity index is 1250. The molecule has 1 aliphatic heterocycles. The molecular weight excluding hydrogens is 432 g/mol. The topological polar surface area (TPSA) is 75.9 Å². The van der Waals surface area contributed by atoms with Gasteiger partial charge in [-0.15, -0.1) is 0 Å². The van der Waals surface area contributed by atoms with Crippen molar-refractivity contribution in [1.82, 2.24) is 14.3 Å². The molecule has 31 heavy (non-hydrogen) atoms. The maximum atomic E-state index is 13.2. The molecule has 1 fully saturated rings. The molecular formula is C22H20N4O3S2. The van der Waals surface area contributed by atoms with Crippen molar-refractivity contribution in [3.8, 4) is 5.75 Å². The first-order valence-corrected chi connectivity index (χ1v) is 10.9. The van der Waals surface area contributed by atoms with Gasteiger partial charge >= 0.3 is 0 Å². The van der Waals surface area contributed by atoms with Crippen LogP contribution in [0.15, 0.2) is 58.4 Å². The van der Waals surface area contributed by atoms with Crippen LogP contribution in [0.25, 0.3) is 11.7 Å². The van der Waals surface area contributed by atoms with Crippen LogP contribution in [-0.2, 0) is 11.3 Å². The summed E-state index contributed by atoms with van der Waals surface area (Å²) < 4.78 is 7.14. The van der Waals surface area contributed by atoms with Crippen LogP contribution in [0.1, 0.15) is 18.1 Å². The van der Waals surface area contributed by atoms with Crippen molar-refractivity contribution in [3.63, 3.8) is 0 Å². The van der Waals surface area contributed by atoms with Gasteiger partial charge in [0.1, 0.15) is 21.5 Å². The van der Waals surface area contributed by atoms with Crippen molar-refractivity contribution in [1.29, 1.82) is 0 Å². The maximum Gasteiger partial charge on any atom is 0.267 e. The van der Waals surface area contributed by atoms with Crippen molar-refractivity contribution >= 4 is 51.7 Å². The van der Waals surface area contributed by atoms with Gasteiger partial charge in [0.2, 0.25) is 0 Å². The molecule has 0 bridgehead atoms. The van der Waals surface area contributed by atoms with E-state index in [1.807, 2.05) is 37.3 Å². The Morgan fingerprint density at radius 2 is 1.97 bits per heavy atom. The van der Waals surface area contributed by atoms with E-state index in [9.17, 15) is 9.59 Å². The lowest BCUT2D eigenvalue weighted by molar-refractivity contribution is -0.121. The van der Waals surface area contributed by atoms with E-state index in [1.165, 1.54) is 21.1 Å². The van der Waals surface area contributed by atoms with Gasteiger partial charge in [0.15, 0.2) is 0 Å². The van der Waals surface area contributed by atoms with Crippen molar-refractivity contribution < 1.29 is 9.53 Å². The molecule has 0 spiro atoms. The number of methoxy groups -OCH3 is 1. The summed E-state index contributed by atoms with van der Waals surface area (Å²) in [6.07, 6.45) is 3.24. The molecule has 0 radical (unpaired) electrons. The van der Waals surface area contributed by atoms with E-state index < -0.39 is 0 Å². The molecule has 0 unspecified atom stereocenters. The van der Waals surface area contributed by atoms with Crippen molar-refractivity contribution in [2.75, 3.05) is 19.0 Å². The average Bonchev–Trinajstić information content (AvgIpc) is 3.06. The number of amides is 1. The number of nitrogens with one attached hydrogen (secondary N) is 1. The fourth-order valence-electron chi connectivity index (χ4n) is 3.20. The molecule has 3 heterocycles. The van der Waals surface area contributed by atoms with Gasteiger partial charge in [-0.1, -0.05) is 42.2 Å². The number of nitrogens with zero attached hydrogens (tertiary/aromatic N) is 3. The minimum absolute atomic E-state index is 0.198.